The van der Waals surface area contributed by atoms with Gasteiger partial charge in [0.2, 0.25) is 0 Å². The molecule has 0 saturated carbocycles. The molecule has 1 heterocycles. The van der Waals surface area contributed by atoms with E-state index in [1.54, 1.807) is 0 Å². The highest BCUT2D eigenvalue weighted by Gasteiger charge is 2.20. The van der Waals surface area contributed by atoms with E-state index in [1.807, 2.05) is 0 Å². The van der Waals surface area contributed by atoms with E-state index in [2.05, 4.69) is 60.2 Å². The molecule has 106 valence electrons. The van der Waals surface area contributed by atoms with E-state index in [9.17, 15) is 0 Å². The third kappa shape index (κ3) is 3.73. The summed E-state index contributed by atoms with van der Waals surface area (Å²) >= 11 is 3.64. The maximum absolute atomic E-state index is 5.94. The smallest absolute Gasteiger partial charge is 0.133 e. The van der Waals surface area contributed by atoms with Crippen LogP contribution in [0.25, 0.3) is 0 Å². The topological polar surface area (TPSA) is 21.3 Å². The van der Waals surface area contributed by atoms with Gasteiger partial charge in [0.05, 0.1) is 11.1 Å². The van der Waals surface area contributed by atoms with E-state index in [0.29, 0.717) is 5.92 Å². The standard InChI is InChI=1S/C16H24BrNO/c1-4-16(2,3)13-5-6-15(14(17)9-13)19-11-12-7-8-18-10-12/h5-6,9,12,18H,4,7-8,10-11H2,1-3H3/t12-/m1/s1. The van der Waals surface area contributed by atoms with E-state index < -0.39 is 0 Å². The molecule has 2 nitrogen and oxygen atoms in total. The molecule has 1 aliphatic heterocycles. The van der Waals surface area contributed by atoms with Crippen LogP contribution in [0.15, 0.2) is 22.7 Å². The van der Waals surface area contributed by atoms with Gasteiger partial charge >= 0.3 is 0 Å². The molecule has 2 rings (SSSR count). The number of nitrogens with one attached hydrogen (secondary N) is 1. The average Bonchev–Trinajstić information content (AvgIpc) is 2.90. The van der Waals surface area contributed by atoms with Crippen LogP contribution < -0.4 is 10.1 Å². The lowest BCUT2D eigenvalue weighted by molar-refractivity contribution is 0.258. The second-order valence-corrected chi connectivity index (χ2v) is 6.91. The van der Waals surface area contributed by atoms with Gasteiger partial charge in [-0.15, -0.1) is 0 Å². The van der Waals surface area contributed by atoms with E-state index >= 15 is 0 Å². The minimum Gasteiger partial charge on any atom is -0.492 e. The van der Waals surface area contributed by atoms with E-state index in [4.69, 9.17) is 4.74 Å². The summed E-state index contributed by atoms with van der Waals surface area (Å²) in [5.41, 5.74) is 1.58. The highest BCUT2D eigenvalue weighted by atomic mass is 79.9. The molecule has 0 unspecified atom stereocenters. The normalized spacial score (nSPS) is 19.7. The van der Waals surface area contributed by atoms with Crippen molar-refractivity contribution in [2.45, 2.75) is 39.0 Å². The molecule has 1 aromatic rings. The summed E-state index contributed by atoms with van der Waals surface area (Å²) in [6.45, 7) is 9.80. The molecular weight excluding hydrogens is 302 g/mol. The lowest BCUT2D eigenvalue weighted by Gasteiger charge is -2.24. The van der Waals surface area contributed by atoms with Crippen LogP contribution in [0.3, 0.4) is 0 Å². The number of halogens is 1. The second kappa shape index (κ2) is 6.27. The van der Waals surface area contributed by atoms with Gasteiger partial charge in [-0.3, -0.25) is 0 Å². The molecule has 1 aliphatic rings. The van der Waals surface area contributed by atoms with E-state index in [0.717, 1.165) is 36.3 Å². The summed E-state index contributed by atoms with van der Waals surface area (Å²) in [6, 6.07) is 6.49. The molecule has 1 N–H and O–H groups in total. The number of hydrogen-bond donors (Lipinski definition) is 1. The first kappa shape index (κ1) is 14.9. The maximum atomic E-state index is 5.94. The molecule has 0 bridgehead atoms. The highest BCUT2D eigenvalue weighted by molar-refractivity contribution is 9.10. The van der Waals surface area contributed by atoms with Gasteiger partial charge in [0.1, 0.15) is 5.75 Å². The lowest BCUT2D eigenvalue weighted by atomic mass is 9.82. The monoisotopic (exact) mass is 325 g/mol. The van der Waals surface area contributed by atoms with Crippen molar-refractivity contribution in [1.29, 1.82) is 0 Å². The molecule has 19 heavy (non-hydrogen) atoms. The third-order valence-corrected chi connectivity index (χ3v) is 4.85. The molecule has 0 amide bonds. The molecule has 0 aliphatic carbocycles. The largest absolute Gasteiger partial charge is 0.492 e. The Labute approximate surface area is 125 Å². The predicted molar refractivity (Wildman–Crippen MR) is 83.9 cm³/mol. The Morgan fingerprint density at radius 2 is 2.21 bits per heavy atom. The van der Waals surface area contributed by atoms with Gasteiger partial charge in [0.25, 0.3) is 0 Å². The molecule has 1 atom stereocenters. The Balaban J connectivity index is 2.02. The first-order valence-electron chi connectivity index (χ1n) is 7.16. The van der Waals surface area contributed by atoms with Gasteiger partial charge in [0.15, 0.2) is 0 Å². The van der Waals surface area contributed by atoms with Crippen LogP contribution in [0, 0.1) is 5.92 Å². The van der Waals surface area contributed by atoms with E-state index in [1.165, 1.54) is 12.0 Å². The van der Waals surface area contributed by atoms with Crippen molar-refractivity contribution in [3.8, 4) is 5.75 Å². The van der Waals surface area contributed by atoms with Gasteiger partial charge in [0, 0.05) is 12.5 Å². The summed E-state index contributed by atoms with van der Waals surface area (Å²) in [7, 11) is 0. The Morgan fingerprint density at radius 3 is 2.79 bits per heavy atom. The van der Waals surface area contributed by atoms with Crippen LogP contribution in [0.2, 0.25) is 0 Å². The zero-order valence-corrected chi connectivity index (χ0v) is 13.7. The Hall–Kier alpha value is -0.540. The Bertz CT molecular complexity index is 425. The van der Waals surface area contributed by atoms with Crippen molar-refractivity contribution >= 4 is 15.9 Å². The Morgan fingerprint density at radius 1 is 1.42 bits per heavy atom. The van der Waals surface area contributed by atoms with Gasteiger partial charge in [-0.2, -0.15) is 0 Å². The number of benzene rings is 1. The predicted octanol–water partition coefficient (Wildman–Crippen LogP) is 4.13. The summed E-state index contributed by atoms with van der Waals surface area (Å²) in [4.78, 5) is 0. The minimum atomic E-state index is 0.219. The quantitative estimate of drug-likeness (QED) is 0.879. The van der Waals surface area contributed by atoms with Crippen molar-refractivity contribution < 1.29 is 4.74 Å². The van der Waals surface area contributed by atoms with Crippen LogP contribution in [0.1, 0.15) is 39.2 Å². The molecular formula is C16H24BrNO. The van der Waals surface area contributed by atoms with Crippen molar-refractivity contribution in [2.24, 2.45) is 5.92 Å². The summed E-state index contributed by atoms with van der Waals surface area (Å²) in [5, 5.41) is 3.37. The lowest BCUT2D eigenvalue weighted by Crippen LogP contribution is -2.17. The number of hydrogen-bond acceptors (Lipinski definition) is 2. The fourth-order valence-electron chi connectivity index (χ4n) is 2.31. The first-order chi connectivity index (χ1) is 9.03. The number of rotatable bonds is 5. The second-order valence-electron chi connectivity index (χ2n) is 6.05. The van der Waals surface area contributed by atoms with Gasteiger partial charge < -0.3 is 10.1 Å². The first-order valence-corrected chi connectivity index (χ1v) is 7.96. The van der Waals surface area contributed by atoms with Gasteiger partial charge in [-0.25, -0.2) is 0 Å². The fourth-order valence-corrected chi connectivity index (χ4v) is 2.80. The maximum Gasteiger partial charge on any atom is 0.133 e. The Kier molecular flexibility index (Phi) is 4.91. The van der Waals surface area contributed by atoms with Crippen molar-refractivity contribution in [2.75, 3.05) is 19.7 Å². The third-order valence-electron chi connectivity index (χ3n) is 4.23. The van der Waals surface area contributed by atoms with Crippen molar-refractivity contribution in [3.63, 3.8) is 0 Å². The SMILES string of the molecule is CCC(C)(C)c1ccc(OC[C@@H]2CCNC2)c(Br)c1. The van der Waals surface area contributed by atoms with E-state index in [-0.39, 0.29) is 5.41 Å². The summed E-state index contributed by atoms with van der Waals surface area (Å²) < 4.78 is 7.00. The molecule has 3 heteroatoms. The van der Waals surface area contributed by atoms with Crippen molar-refractivity contribution in [1.82, 2.24) is 5.32 Å². The zero-order chi connectivity index (χ0) is 13.9. The molecule has 1 saturated heterocycles. The van der Waals surface area contributed by atoms with Crippen LogP contribution in [0.4, 0.5) is 0 Å². The molecule has 1 fully saturated rings. The number of ether oxygens (including phenoxy) is 1. The van der Waals surface area contributed by atoms with Crippen LogP contribution >= 0.6 is 15.9 Å². The van der Waals surface area contributed by atoms with Crippen LogP contribution in [-0.2, 0) is 5.41 Å². The van der Waals surface area contributed by atoms with Gasteiger partial charge in [-0.05, 0) is 58.4 Å². The molecule has 1 aromatic carbocycles. The highest BCUT2D eigenvalue weighted by Crippen LogP contribution is 2.33. The molecule has 0 aromatic heterocycles. The fraction of sp³-hybridized carbons (Fsp3) is 0.625. The zero-order valence-electron chi connectivity index (χ0n) is 12.1. The molecule has 0 radical (unpaired) electrons. The minimum absolute atomic E-state index is 0.219. The summed E-state index contributed by atoms with van der Waals surface area (Å²) in [5.74, 6) is 1.61. The van der Waals surface area contributed by atoms with Crippen LogP contribution in [0.5, 0.6) is 5.75 Å². The van der Waals surface area contributed by atoms with Crippen molar-refractivity contribution in [3.05, 3.63) is 28.2 Å². The van der Waals surface area contributed by atoms with Gasteiger partial charge in [-0.1, -0.05) is 26.8 Å². The summed E-state index contributed by atoms with van der Waals surface area (Å²) in [6.07, 6.45) is 2.35. The molecule has 0 spiro atoms. The average molecular weight is 326 g/mol. The van der Waals surface area contributed by atoms with Crippen LogP contribution in [-0.4, -0.2) is 19.7 Å².